The molecule has 2 aromatic rings. The molecule has 2 rings (SSSR count). The Labute approximate surface area is 139 Å². The van der Waals surface area contributed by atoms with Gasteiger partial charge in [-0.15, -0.1) is 5.54 Å². The zero-order valence-corrected chi connectivity index (χ0v) is 14.9. The Balaban J connectivity index is 2.73. The molecule has 0 atom stereocenters. The molecule has 0 spiro atoms. The van der Waals surface area contributed by atoms with Crippen LogP contribution >= 0.6 is 0 Å². The van der Waals surface area contributed by atoms with Crippen molar-refractivity contribution in [1.29, 1.82) is 0 Å². The molecule has 0 amide bonds. The summed E-state index contributed by atoms with van der Waals surface area (Å²) in [4.78, 5) is 7.17. The molecule has 0 aromatic heterocycles. The first kappa shape index (κ1) is 16.6. The van der Waals surface area contributed by atoms with Gasteiger partial charge in [0, 0.05) is 5.56 Å². The summed E-state index contributed by atoms with van der Waals surface area (Å²) in [6, 6.07) is 11.7. The minimum atomic E-state index is -1.48. The van der Waals surface area contributed by atoms with Crippen molar-refractivity contribution in [2.75, 3.05) is 0 Å². The minimum absolute atomic E-state index is 0.419. The number of hydrogen-bond acceptors (Lipinski definition) is 0. The van der Waals surface area contributed by atoms with Gasteiger partial charge in [0.05, 0.1) is 13.1 Å². The van der Waals surface area contributed by atoms with Crippen molar-refractivity contribution in [2.24, 2.45) is 0 Å². The molecule has 112 valence electrons. The highest BCUT2D eigenvalue weighted by atomic mass is 28.3. The van der Waals surface area contributed by atoms with Crippen LogP contribution < -0.4 is 0 Å². The lowest BCUT2D eigenvalue weighted by molar-refractivity contribution is 1.48. The van der Waals surface area contributed by atoms with Crippen LogP contribution in [0.4, 0.5) is 11.4 Å². The van der Waals surface area contributed by atoms with Crippen molar-refractivity contribution in [2.45, 2.75) is 26.6 Å². The second-order valence-electron chi connectivity index (χ2n) is 6.40. The second-order valence-corrected chi connectivity index (χ2v) is 11.1. The van der Waals surface area contributed by atoms with Gasteiger partial charge in [-0.05, 0) is 17.2 Å². The van der Waals surface area contributed by atoms with Crippen molar-refractivity contribution in [3.8, 4) is 22.6 Å². The molecule has 3 heteroatoms. The predicted molar refractivity (Wildman–Crippen MR) is 99.4 cm³/mol. The van der Waals surface area contributed by atoms with Gasteiger partial charge in [-0.2, -0.15) is 0 Å². The molecular formula is C20H18N2Si. The topological polar surface area (TPSA) is 8.72 Å². The molecule has 23 heavy (non-hydrogen) atoms. The van der Waals surface area contributed by atoms with E-state index in [4.69, 9.17) is 13.1 Å². The summed E-state index contributed by atoms with van der Waals surface area (Å²) in [7, 11) is -1.48. The summed E-state index contributed by atoms with van der Waals surface area (Å²) in [5.41, 5.74) is 7.70. The minimum Gasteiger partial charge on any atom is -0.250 e. The maximum atomic E-state index is 7.50. The van der Waals surface area contributed by atoms with Crippen molar-refractivity contribution < 1.29 is 0 Å². The van der Waals surface area contributed by atoms with Gasteiger partial charge in [0.2, 0.25) is 5.69 Å². The van der Waals surface area contributed by atoms with Gasteiger partial charge in [0.25, 0.3) is 0 Å². The molecule has 0 aliphatic rings. The fourth-order valence-electron chi connectivity index (χ4n) is 2.23. The van der Waals surface area contributed by atoms with Gasteiger partial charge in [-0.25, -0.2) is 9.69 Å². The number of nitrogens with zero attached hydrogens (tertiary/aromatic N) is 2. The van der Waals surface area contributed by atoms with Gasteiger partial charge >= 0.3 is 0 Å². The molecule has 0 bridgehead atoms. The molecule has 0 fully saturated rings. The predicted octanol–water partition coefficient (Wildman–Crippen LogP) is 5.99. The maximum absolute atomic E-state index is 7.50. The van der Waals surface area contributed by atoms with Gasteiger partial charge in [-0.1, -0.05) is 68.4 Å². The van der Waals surface area contributed by atoms with Crippen LogP contribution in [0.5, 0.6) is 0 Å². The van der Waals surface area contributed by atoms with E-state index in [2.05, 4.69) is 40.8 Å². The van der Waals surface area contributed by atoms with Crippen LogP contribution in [0.15, 0.2) is 36.4 Å². The normalized spacial score (nSPS) is 10.2. The molecule has 0 aliphatic heterocycles. The van der Waals surface area contributed by atoms with Crippen LogP contribution in [-0.2, 0) is 0 Å². The SMILES string of the molecule is [C-]#[N+]c1c(C)ccc(-c2ccccc2C#C[Si](C)(C)C)c1[N+]#[C-]. The molecule has 2 aromatic carbocycles. The van der Waals surface area contributed by atoms with Gasteiger partial charge < -0.3 is 0 Å². The molecular weight excluding hydrogens is 296 g/mol. The van der Waals surface area contributed by atoms with Crippen molar-refractivity contribution >= 4 is 19.4 Å². The molecule has 0 saturated heterocycles. The van der Waals surface area contributed by atoms with Crippen LogP contribution in [0.3, 0.4) is 0 Å². The van der Waals surface area contributed by atoms with Crippen LogP contribution in [0.2, 0.25) is 19.6 Å². The monoisotopic (exact) mass is 314 g/mol. The fraction of sp³-hybridized carbons (Fsp3) is 0.200. The highest BCUT2D eigenvalue weighted by molar-refractivity contribution is 6.83. The van der Waals surface area contributed by atoms with E-state index in [0.717, 1.165) is 22.3 Å². The maximum Gasteiger partial charge on any atom is 0.202 e. The molecule has 0 radical (unpaired) electrons. The first-order valence-corrected chi connectivity index (χ1v) is 10.9. The van der Waals surface area contributed by atoms with Gasteiger partial charge in [0.15, 0.2) is 5.69 Å². The molecule has 0 aliphatic carbocycles. The molecule has 2 nitrogen and oxygen atoms in total. The summed E-state index contributed by atoms with van der Waals surface area (Å²) >= 11 is 0. The quantitative estimate of drug-likeness (QED) is 0.347. The highest BCUT2D eigenvalue weighted by Crippen LogP contribution is 2.41. The third kappa shape index (κ3) is 3.70. The zero-order valence-electron chi connectivity index (χ0n) is 13.9. The number of benzene rings is 2. The fourth-order valence-corrected chi connectivity index (χ4v) is 2.74. The third-order valence-electron chi connectivity index (χ3n) is 3.37. The Morgan fingerprint density at radius 3 is 2.13 bits per heavy atom. The van der Waals surface area contributed by atoms with Crippen molar-refractivity contribution in [3.63, 3.8) is 0 Å². The zero-order chi connectivity index (χ0) is 17.0. The molecule has 0 saturated carbocycles. The van der Waals surface area contributed by atoms with E-state index < -0.39 is 8.07 Å². The van der Waals surface area contributed by atoms with Crippen LogP contribution in [-0.4, -0.2) is 8.07 Å². The Morgan fingerprint density at radius 2 is 1.52 bits per heavy atom. The van der Waals surface area contributed by atoms with Crippen LogP contribution in [0, 0.1) is 31.5 Å². The van der Waals surface area contributed by atoms with E-state index in [-0.39, 0.29) is 0 Å². The summed E-state index contributed by atoms with van der Waals surface area (Å²) in [6.07, 6.45) is 0. The largest absolute Gasteiger partial charge is 0.250 e. The Hall–Kier alpha value is -2.80. The van der Waals surface area contributed by atoms with E-state index >= 15 is 0 Å². The Bertz CT molecular complexity index is 894. The van der Waals surface area contributed by atoms with E-state index in [1.807, 2.05) is 43.3 Å². The lowest BCUT2D eigenvalue weighted by Gasteiger charge is -2.11. The highest BCUT2D eigenvalue weighted by Gasteiger charge is 2.15. The van der Waals surface area contributed by atoms with E-state index in [1.165, 1.54) is 0 Å². The van der Waals surface area contributed by atoms with E-state index in [0.29, 0.717) is 11.4 Å². The lowest BCUT2D eigenvalue weighted by Crippen LogP contribution is -2.16. The standard InChI is InChI=1S/C20H18N2Si/c1-15-11-12-18(20(22-3)19(15)21-2)17-10-8-7-9-16(17)13-14-23(4,5)6/h7-12H,1,4-6H3. The average molecular weight is 314 g/mol. The summed E-state index contributed by atoms with van der Waals surface area (Å²) in [5.74, 6) is 3.29. The third-order valence-corrected chi connectivity index (χ3v) is 4.24. The summed E-state index contributed by atoms with van der Waals surface area (Å²) in [5, 5.41) is 0. The van der Waals surface area contributed by atoms with E-state index in [9.17, 15) is 0 Å². The van der Waals surface area contributed by atoms with Crippen LogP contribution in [0.25, 0.3) is 20.8 Å². The molecule has 0 N–H and O–H groups in total. The Kier molecular flexibility index (Phi) is 4.70. The Morgan fingerprint density at radius 1 is 0.870 bits per heavy atom. The van der Waals surface area contributed by atoms with Crippen LogP contribution in [0.1, 0.15) is 11.1 Å². The average Bonchev–Trinajstić information content (AvgIpc) is 2.52. The number of hydrogen-bond donors (Lipinski definition) is 0. The lowest BCUT2D eigenvalue weighted by atomic mass is 9.96. The summed E-state index contributed by atoms with van der Waals surface area (Å²) < 4.78 is 0. The molecule has 0 heterocycles. The van der Waals surface area contributed by atoms with Gasteiger partial charge in [-0.3, -0.25) is 0 Å². The first-order valence-electron chi connectivity index (χ1n) is 7.38. The second kappa shape index (κ2) is 6.53. The van der Waals surface area contributed by atoms with Crippen molar-refractivity contribution in [1.82, 2.24) is 0 Å². The van der Waals surface area contributed by atoms with E-state index in [1.54, 1.807) is 0 Å². The van der Waals surface area contributed by atoms with Crippen molar-refractivity contribution in [3.05, 3.63) is 70.4 Å². The van der Waals surface area contributed by atoms with Gasteiger partial charge in [0.1, 0.15) is 8.07 Å². The smallest absolute Gasteiger partial charge is 0.202 e. The number of aryl methyl sites for hydroxylation is 1. The number of rotatable bonds is 1. The molecule has 0 unspecified atom stereocenters. The summed E-state index contributed by atoms with van der Waals surface area (Å²) in [6.45, 7) is 23.3. The first-order chi connectivity index (χ1) is 10.9.